The van der Waals surface area contributed by atoms with Gasteiger partial charge in [0.2, 0.25) is 0 Å². The van der Waals surface area contributed by atoms with Crippen molar-refractivity contribution in [1.29, 1.82) is 0 Å². The average Bonchev–Trinajstić information content (AvgIpc) is 2.36. The summed E-state index contributed by atoms with van der Waals surface area (Å²) in [6, 6.07) is 0. The van der Waals surface area contributed by atoms with E-state index in [2.05, 4.69) is 53.8 Å². The van der Waals surface area contributed by atoms with Crippen LogP contribution in [0, 0.1) is 35.0 Å². The predicted molar refractivity (Wildman–Crippen MR) is 90.9 cm³/mol. The molecule has 1 aliphatic carbocycles. The fraction of sp³-hybridized carbons (Fsp3) is 1.00. The highest BCUT2D eigenvalue weighted by atomic mass is 14.9. The largest absolute Gasteiger partial charge is 0.316 e. The molecule has 0 aromatic heterocycles. The molecular formula is C19H39N. The minimum Gasteiger partial charge on any atom is -0.316 e. The summed E-state index contributed by atoms with van der Waals surface area (Å²) in [7, 11) is 0. The van der Waals surface area contributed by atoms with Crippen molar-refractivity contribution in [1.82, 2.24) is 5.32 Å². The van der Waals surface area contributed by atoms with Crippen molar-refractivity contribution < 1.29 is 0 Å². The quantitative estimate of drug-likeness (QED) is 0.691. The van der Waals surface area contributed by atoms with Crippen LogP contribution in [0.25, 0.3) is 0 Å². The molecule has 0 radical (unpaired) electrons. The summed E-state index contributed by atoms with van der Waals surface area (Å²) in [4.78, 5) is 0. The standard InChI is InChI=1S/C19H39N/c1-8-15(4)18-11-17(19(5,6)7)10-9-16(18)13-20-12-14(2)3/h14-18,20H,8-13H2,1-7H3. The van der Waals surface area contributed by atoms with Crippen LogP contribution < -0.4 is 5.32 Å². The lowest BCUT2D eigenvalue weighted by atomic mass is 9.62. The van der Waals surface area contributed by atoms with Crippen LogP contribution in [0.5, 0.6) is 0 Å². The third-order valence-electron chi connectivity index (χ3n) is 5.61. The summed E-state index contributed by atoms with van der Waals surface area (Å²) in [6.45, 7) is 19.2. The molecule has 1 rings (SSSR count). The topological polar surface area (TPSA) is 12.0 Å². The smallest absolute Gasteiger partial charge is 0.00177 e. The number of nitrogens with one attached hydrogen (secondary N) is 1. The molecule has 0 aromatic rings. The van der Waals surface area contributed by atoms with Crippen LogP contribution in [0.2, 0.25) is 0 Å². The summed E-state index contributed by atoms with van der Waals surface area (Å²) < 4.78 is 0. The molecule has 4 unspecified atom stereocenters. The van der Waals surface area contributed by atoms with E-state index in [0.717, 1.165) is 29.6 Å². The lowest BCUT2D eigenvalue weighted by Gasteiger charge is -2.44. The van der Waals surface area contributed by atoms with Gasteiger partial charge in [-0.05, 0) is 67.4 Å². The van der Waals surface area contributed by atoms with Gasteiger partial charge in [-0.15, -0.1) is 0 Å². The molecule has 1 heteroatoms. The fourth-order valence-corrected chi connectivity index (χ4v) is 3.87. The van der Waals surface area contributed by atoms with Crippen LogP contribution in [0.3, 0.4) is 0 Å². The van der Waals surface area contributed by atoms with Crippen molar-refractivity contribution in [3.63, 3.8) is 0 Å². The first kappa shape index (κ1) is 18.0. The van der Waals surface area contributed by atoms with E-state index in [-0.39, 0.29) is 0 Å². The second-order valence-electron chi connectivity index (χ2n) is 8.74. The molecular weight excluding hydrogens is 242 g/mol. The highest BCUT2D eigenvalue weighted by Gasteiger charge is 2.37. The summed E-state index contributed by atoms with van der Waals surface area (Å²) in [5, 5.41) is 3.72. The van der Waals surface area contributed by atoms with Crippen molar-refractivity contribution in [2.45, 2.75) is 74.1 Å². The molecule has 4 atom stereocenters. The Morgan fingerprint density at radius 3 is 2.25 bits per heavy atom. The highest BCUT2D eigenvalue weighted by molar-refractivity contribution is 4.88. The number of hydrogen-bond acceptors (Lipinski definition) is 1. The Morgan fingerprint density at radius 1 is 1.10 bits per heavy atom. The first-order valence-electron chi connectivity index (χ1n) is 8.96. The van der Waals surface area contributed by atoms with Crippen LogP contribution in [0.15, 0.2) is 0 Å². The van der Waals surface area contributed by atoms with E-state index in [9.17, 15) is 0 Å². The van der Waals surface area contributed by atoms with E-state index >= 15 is 0 Å². The molecule has 1 saturated carbocycles. The summed E-state index contributed by atoms with van der Waals surface area (Å²) in [5.41, 5.74) is 0.488. The maximum atomic E-state index is 3.72. The molecule has 1 nitrogen and oxygen atoms in total. The zero-order chi connectivity index (χ0) is 15.3. The first-order chi connectivity index (χ1) is 9.25. The predicted octanol–water partition coefficient (Wildman–Crippen LogP) is 5.36. The Balaban J connectivity index is 2.60. The second-order valence-corrected chi connectivity index (χ2v) is 8.74. The Morgan fingerprint density at radius 2 is 1.75 bits per heavy atom. The molecule has 0 spiro atoms. The van der Waals surface area contributed by atoms with Gasteiger partial charge in [-0.25, -0.2) is 0 Å². The van der Waals surface area contributed by atoms with Gasteiger partial charge in [-0.3, -0.25) is 0 Å². The molecule has 0 heterocycles. The SMILES string of the molecule is CCC(C)C1CC(C(C)(C)C)CCC1CNCC(C)C. The van der Waals surface area contributed by atoms with Gasteiger partial charge < -0.3 is 5.32 Å². The third-order valence-corrected chi connectivity index (χ3v) is 5.61. The normalized spacial score (nSPS) is 29.7. The minimum absolute atomic E-state index is 0.488. The molecule has 1 fully saturated rings. The number of hydrogen-bond donors (Lipinski definition) is 1. The van der Waals surface area contributed by atoms with Gasteiger partial charge in [0.05, 0.1) is 0 Å². The molecule has 1 N–H and O–H groups in total. The molecule has 1 aliphatic rings. The average molecular weight is 282 g/mol. The van der Waals surface area contributed by atoms with Crippen LogP contribution in [-0.2, 0) is 0 Å². The summed E-state index contributed by atoms with van der Waals surface area (Å²) in [6.07, 6.45) is 5.65. The fourth-order valence-electron chi connectivity index (χ4n) is 3.87. The van der Waals surface area contributed by atoms with Gasteiger partial charge in [0.25, 0.3) is 0 Å². The van der Waals surface area contributed by atoms with Gasteiger partial charge in [-0.2, -0.15) is 0 Å². The van der Waals surface area contributed by atoms with Crippen LogP contribution in [0.4, 0.5) is 0 Å². The van der Waals surface area contributed by atoms with Crippen molar-refractivity contribution >= 4 is 0 Å². The van der Waals surface area contributed by atoms with E-state index < -0.39 is 0 Å². The Hall–Kier alpha value is -0.0400. The zero-order valence-electron chi connectivity index (χ0n) is 15.1. The first-order valence-corrected chi connectivity index (χ1v) is 8.96. The van der Waals surface area contributed by atoms with Gasteiger partial charge in [-0.1, -0.05) is 54.9 Å². The second kappa shape index (κ2) is 7.82. The summed E-state index contributed by atoms with van der Waals surface area (Å²) in [5.74, 6) is 4.40. The lowest BCUT2D eigenvalue weighted by molar-refractivity contribution is 0.0667. The van der Waals surface area contributed by atoms with Crippen molar-refractivity contribution in [3.05, 3.63) is 0 Å². The van der Waals surface area contributed by atoms with Crippen molar-refractivity contribution in [3.8, 4) is 0 Å². The van der Waals surface area contributed by atoms with Crippen LogP contribution in [-0.4, -0.2) is 13.1 Å². The zero-order valence-corrected chi connectivity index (χ0v) is 15.1. The van der Waals surface area contributed by atoms with Gasteiger partial charge in [0, 0.05) is 0 Å². The highest BCUT2D eigenvalue weighted by Crippen LogP contribution is 2.45. The molecule has 0 bridgehead atoms. The third kappa shape index (κ3) is 5.39. The van der Waals surface area contributed by atoms with Crippen molar-refractivity contribution in [2.24, 2.45) is 35.0 Å². The van der Waals surface area contributed by atoms with E-state index in [1.807, 2.05) is 0 Å². The van der Waals surface area contributed by atoms with E-state index in [1.54, 1.807) is 0 Å². The van der Waals surface area contributed by atoms with Gasteiger partial charge in [0.1, 0.15) is 0 Å². The van der Waals surface area contributed by atoms with E-state index in [4.69, 9.17) is 0 Å². The van der Waals surface area contributed by atoms with Gasteiger partial charge >= 0.3 is 0 Å². The van der Waals surface area contributed by atoms with E-state index in [0.29, 0.717) is 5.41 Å². The Labute approximate surface area is 128 Å². The molecule has 0 aliphatic heterocycles. The van der Waals surface area contributed by atoms with Gasteiger partial charge in [0.15, 0.2) is 0 Å². The minimum atomic E-state index is 0.488. The molecule has 0 saturated heterocycles. The lowest BCUT2D eigenvalue weighted by Crippen LogP contribution is -2.39. The van der Waals surface area contributed by atoms with Crippen LogP contribution >= 0.6 is 0 Å². The maximum Gasteiger partial charge on any atom is -0.00177 e. The monoisotopic (exact) mass is 281 g/mol. The van der Waals surface area contributed by atoms with Crippen molar-refractivity contribution in [2.75, 3.05) is 13.1 Å². The van der Waals surface area contributed by atoms with Crippen LogP contribution in [0.1, 0.15) is 74.1 Å². The molecule has 20 heavy (non-hydrogen) atoms. The maximum absolute atomic E-state index is 3.72. The molecule has 0 amide bonds. The number of rotatable bonds is 6. The summed E-state index contributed by atoms with van der Waals surface area (Å²) >= 11 is 0. The molecule has 0 aromatic carbocycles. The Bertz CT molecular complexity index is 263. The molecule has 120 valence electrons. The Kier molecular flexibility index (Phi) is 7.04. The van der Waals surface area contributed by atoms with E-state index in [1.165, 1.54) is 38.8 Å².